The molecule has 0 bridgehead atoms. The minimum atomic E-state index is -0.348. The Bertz CT molecular complexity index is 1010. The number of furan rings is 1. The average molecular weight is 338 g/mol. The molecule has 0 fully saturated rings. The van der Waals surface area contributed by atoms with Crippen LogP contribution in [0.5, 0.6) is 0 Å². The molecule has 0 radical (unpaired) electrons. The van der Waals surface area contributed by atoms with Gasteiger partial charge in [-0.1, -0.05) is 41.9 Å². The van der Waals surface area contributed by atoms with E-state index in [1.807, 2.05) is 30.3 Å². The number of pyridine rings is 1. The summed E-state index contributed by atoms with van der Waals surface area (Å²) in [6.07, 6.45) is 3.17. The Morgan fingerprint density at radius 3 is 2.67 bits per heavy atom. The van der Waals surface area contributed by atoms with E-state index >= 15 is 0 Å². The molecule has 4 rings (SSSR count). The van der Waals surface area contributed by atoms with Gasteiger partial charge in [-0.2, -0.15) is 0 Å². The number of amides is 1. The van der Waals surface area contributed by atoms with Crippen LogP contribution >= 0.6 is 11.6 Å². The lowest BCUT2D eigenvalue weighted by Crippen LogP contribution is -2.13. The Kier molecular flexibility index (Phi) is 3.55. The molecule has 1 aromatic carbocycles. The molecular weight excluding hydrogens is 326 g/mol. The van der Waals surface area contributed by atoms with E-state index in [-0.39, 0.29) is 11.7 Å². The van der Waals surface area contributed by atoms with Crippen molar-refractivity contribution in [2.45, 2.75) is 0 Å². The van der Waals surface area contributed by atoms with Gasteiger partial charge in [-0.3, -0.25) is 9.20 Å². The first-order valence-electron chi connectivity index (χ1n) is 7.30. The van der Waals surface area contributed by atoms with Crippen LogP contribution in [-0.4, -0.2) is 15.3 Å². The first-order valence-corrected chi connectivity index (χ1v) is 7.68. The van der Waals surface area contributed by atoms with Gasteiger partial charge in [0.2, 0.25) is 0 Å². The molecule has 0 aliphatic rings. The summed E-state index contributed by atoms with van der Waals surface area (Å²) >= 11 is 6.10. The number of carbonyl (C=O) groups is 1. The number of rotatable bonds is 3. The summed E-state index contributed by atoms with van der Waals surface area (Å²) in [5.74, 6) is 0.421. The summed E-state index contributed by atoms with van der Waals surface area (Å²) in [5.41, 5.74) is 2.25. The second-order valence-electron chi connectivity index (χ2n) is 5.18. The fraction of sp³-hybridized carbons (Fsp3) is 0. The molecule has 0 aliphatic heterocycles. The van der Waals surface area contributed by atoms with E-state index in [2.05, 4.69) is 10.3 Å². The fourth-order valence-corrected chi connectivity index (χ4v) is 2.67. The van der Waals surface area contributed by atoms with E-state index in [9.17, 15) is 4.79 Å². The third kappa shape index (κ3) is 2.55. The fourth-order valence-electron chi connectivity index (χ4n) is 2.51. The van der Waals surface area contributed by atoms with Gasteiger partial charge in [-0.05, 0) is 24.3 Å². The summed E-state index contributed by atoms with van der Waals surface area (Å²) in [5, 5.41) is 3.42. The second-order valence-corrected chi connectivity index (χ2v) is 5.62. The number of halogens is 1. The highest BCUT2D eigenvalue weighted by atomic mass is 35.5. The van der Waals surface area contributed by atoms with Gasteiger partial charge in [0.1, 0.15) is 17.2 Å². The zero-order chi connectivity index (χ0) is 16.5. The predicted octanol–water partition coefficient (Wildman–Crippen LogP) is 4.50. The lowest BCUT2D eigenvalue weighted by atomic mass is 10.1. The molecular formula is C18H12ClN3O2. The molecule has 1 N–H and O–H groups in total. The SMILES string of the molecule is O=C(Nc1c(-c2ccccc2)nc2ccc(Cl)cn12)c1ccco1. The van der Waals surface area contributed by atoms with Gasteiger partial charge in [0.15, 0.2) is 5.76 Å². The molecule has 1 amide bonds. The number of anilines is 1. The minimum Gasteiger partial charge on any atom is -0.459 e. The summed E-state index contributed by atoms with van der Waals surface area (Å²) in [4.78, 5) is 17.0. The van der Waals surface area contributed by atoms with Crippen molar-refractivity contribution in [3.8, 4) is 11.3 Å². The van der Waals surface area contributed by atoms with Gasteiger partial charge in [0.25, 0.3) is 5.91 Å². The molecule has 3 heterocycles. The van der Waals surface area contributed by atoms with Crippen LogP contribution in [0.3, 0.4) is 0 Å². The lowest BCUT2D eigenvalue weighted by molar-refractivity contribution is 0.0996. The standard InChI is InChI=1S/C18H12ClN3O2/c19-13-8-9-15-20-16(12-5-2-1-3-6-12)17(22(15)11-13)21-18(23)14-7-4-10-24-14/h1-11H,(H,21,23). The number of hydrogen-bond acceptors (Lipinski definition) is 3. The molecule has 0 unspecified atom stereocenters. The predicted molar refractivity (Wildman–Crippen MR) is 92.3 cm³/mol. The van der Waals surface area contributed by atoms with Crippen molar-refractivity contribution in [2.75, 3.05) is 5.32 Å². The zero-order valence-corrected chi connectivity index (χ0v) is 13.2. The Balaban J connectivity index is 1.87. The normalized spacial score (nSPS) is 10.9. The molecule has 0 atom stereocenters. The van der Waals surface area contributed by atoms with Crippen molar-refractivity contribution in [1.29, 1.82) is 0 Å². The number of aromatic nitrogens is 2. The highest BCUT2D eigenvalue weighted by Crippen LogP contribution is 2.30. The van der Waals surface area contributed by atoms with E-state index < -0.39 is 0 Å². The maximum atomic E-state index is 12.4. The maximum Gasteiger partial charge on any atom is 0.292 e. The molecule has 0 saturated heterocycles. The molecule has 0 aliphatic carbocycles. The number of nitrogens with one attached hydrogen (secondary N) is 1. The van der Waals surface area contributed by atoms with Crippen LogP contribution in [0.4, 0.5) is 5.82 Å². The average Bonchev–Trinajstić information content (AvgIpc) is 3.24. The van der Waals surface area contributed by atoms with Gasteiger partial charge in [-0.15, -0.1) is 0 Å². The number of nitrogens with zero attached hydrogens (tertiary/aromatic N) is 2. The van der Waals surface area contributed by atoms with Crippen LogP contribution < -0.4 is 5.32 Å². The quantitative estimate of drug-likeness (QED) is 0.598. The molecule has 24 heavy (non-hydrogen) atoms. The first-order chi connectivity index (χ1) is 11.7. The summed E-state index contributed by atoms with van der Waals surface area (Å²) < 4.78 is 6.91. The van der Waals surface area contributed by atoms with Gasteiger partial charge >= 0.3 is 0 Å². The van der Waals surface area contributed by atoms with Crippen LogP contribution in [0.15, 0.2) is 71.5 Å². The number of carbonyl (C=O) groups excluding carboxylic acids is 1. The third-order valence-corrected chi connectivity index (χ3v) is 3.83. The number of fused-ring (bicyclic) bond motifs is 1. The van der Waals surface area contributed by atoms with Gasteiger partial charge < -0.3 is 9.73 Å². The monoisotopic (exact) mass is 337 g/mol. The molecule has 5 nitrogen and oxygen atoms in total. The topological polar surface area (TPSA) is 59.5 Å². The van der Waals surface area contributed by atoms with Crippen molar-refractivity contribution in [1.82, 2.24) is 9.38 Å². The molecule has 118 valence electrons. The summed E-state index contributed by atoms with van der Waals surface area (Å²) in [7, 11) is 0. The molecule has 3 aromatic heterocycles. The Labute approximate surface area is 142 Å². The lowest BCUT2D eigenvalue weighted by Gasteiger charge is -2.06. The number of benzene rings is 1. The van der Waals surface area contributed by atoms with Crippen LogP contribution in [0, 0.1) is 0 Å². The summed E-state index contributed by atoms with van der Waals surface area (Å²) in [6.45, 7) is 0. The van der Waals surface area contributed by atoms with Crippen LogP contribution in [0.25, 0.3) is 16.9 Å². The summed E-state index contributed by atoms with van der Waals surface area (Å²) in [6, 6.07) is 16.5. The van der Waals surface area contributed by atoms with Crippen LogP contribution in [0.1, 0.15) is 10.6 Å². The van der Waals surface area contributed by atoms with Gasteiger partial charge in [0, 0.05) is 11.8 Å². The number of imidazole rings is 1. The third-order valence-electron chi connectivity index (χ3n) is 3.61. The number of hydrogen-bond donors (Lipinski definition) is 1. The Morgan fingerprint density at radius 1 is 1.08 bits per heavy atom. The van der Waals surface area contributed by atoms with E-state index in [4.69, 9.17) is 16.0 Å². The van der Waals surface area contributed by atoms with Crippen LogP contribution in [-0.2, 0) is 0 Å². The maximum absolute atomic E-state index is 12.4. The smallest absolute Gasteiger partial charge is 0.292 e. The molecule has 4 aromatic rings. The second kappa shape index (κ2) is 5.86. The van der Waals surface area contributed by atoms with E-state index in [0.29, 0.717) is 22.2 Å². The molecule has 0 saturated carbocycles. The van der Waals surface area contributed by atoms with Gasteiger partial charge in [0.05, 0.1) is 11.3 Å². The van der Waals surface area contributed by atoms with Crippen molar-refractivity contribution in [2.24, 2.45) is 0 Å². The molecule has 0 spiro atoms. The zero-order valence-electron chi connectivity index (χ0n) is 12.4. The Hall–Kier alpha value is -3.05. The minimum absolute atomic E-state index is 0.228. The van der Waals surface area contributed by atoms with Crippen LogP contribution in [0.2, 0.25) is 5.02 Å². The van der Waals surface area contributed by atoms with E-state index in [1.165, 1.54) is 6.26 Å². The molecule has 6 heteroatoms. The Morgan fingerprint density at radius 2 is 1.92 bits per heavy atom. The first kappa shape index (κ1) is 14.5. The van der Waals surface area contributed by atoms with E-state index in [0.717, 1.165) is 5.56 Å². The van der Waals surface area contributed by atoms with Crippen molar-refractivity contribution >= 4 is 29.0 Å². The highest BCUT2D eigenvalue weighted by Gasteiger charge is 2.18. The largest absolute Gasteiger partial charge is 0.459 e. The van der Waals surface area contributed by atoms with E-state index in [1.54, 1.807) is 34.9 Å². The highest BCUT2D eigenvalue weighted by molar-refractivity contribution is 6.30. The van der Waals surface area contributed by atoms with Crippen molar-refractivity contribution < 1.29 is 9.21 Å². The van der Waals surface area contributed by atoms with Gasteiger partial charge in [-0.25, -0.2) is 4.98 Å². The van der Waals surface area contributed by atoms with Crippen molar-refractivity contribution in [3.05, 3.63) is 77.8 Å². The van der Waals surface area contributed by atoms with Crippen molar-refractivity contribution in [3.63, 3.8) is 0 Å².